The van der Waals surface area contributed by atoms with Gasteiger partial charge in [0, 0.05) is 15.7 Å². The van der Waals surface area contributed by atoms with Crippen LogP contribution in [0.5, 0.6) is 0 Å². The Bertz CT molecular complexity index is 628. The SMILES string of the molecule is C[C@H](C(=O)Nc1ccc(Br)cc1)[NH+](C)Cc1ccc(F)cc1. The van der Waals surface area contributed by atoms with Crippen LogP contribution in [-0.4, -0.2) is 19.0 Å². The van der Waals surface area contributed by atoms with Crippen LogP contribution in [0.15, 0.2) is 53.0 Å². The second-order valence-electron chi connectivity index (χ2n) is 5.37. The number of benzene rings is 2. The molecule has 0 fully saturated rings. The van der Waals surface area contributed by atoms with Gasteiger partial charge in [-0.2, -0.15) is 0 Å². The van der Waals surface area contributed by atoms with Gasteiger partial charge in [-0.05, 0) is 43.3 Å². The zero-order valence-corrected chi connectivity index (χ0v) is 14.2. The maximum atomic E-state index is 12.9. The van der Waals surface area contributed by atoms with Crippen molar-refractivity contribution >= 4 is 27.5 Å². The van der Waals surface area contributed by atoms with Crippen LogP contribution in [0.1, 0.15) is 12.5 Å². The van der Waals surface area contributed by atoms with Crippen molar-refractivity contribution in [3.63, 3.8) is 0 Å². The molecule has 0 aliphatic rings. The van der Waals surface area contributed by atoms with E-state index in [0.29, 0.717) is 6.54 Å². The van der Waals surface area contributed by atoms with Crippen molar-refractivity contribution in [2.45, 2.75) is 19.5 Å². The minimum absolute atomic E-state index is 0.0399. The van der Waals surface area contributed by atoms with Crippen molar-refractivity contribution in [3.8, 4) is 0 Å². The first-order valence-electron chi connectivity index (χ1n) is 7.09. The van der Waals surface area contributed by atoms with E-state index < -0.39 is 0 Å². The molecule has 116 valence electrons. The molecule has 5 heteroatoms. The minimum Gasteiger partial charge on any atom is -0.324 e. The molecule has 2 rings (SSSR count). The lowest BCUT2D eigenvalue weighted by atomic mass is 10.2. The number of quaternary nitrogens is 1. The van der Waals surface area contributed by atoms with Gasteiger partial charge in [-0.15, -0.1) is 0 Å². The predicted molar refractivity (Wildman–Crippen MR) is 89.2 cm³/mol. The summed E-state index contributed by atoms with van der Waals surface area (Å²) in [6, 6.07) is 13.6. The second-order valence-corrected chi connectivity index (χ2v) is 6.28. The molecule has 0 aromatic heterocycles. The fraction of sp³-hybridized carbons (Fsp3) is 0.235. The lowest BCUT2D eigenvalue weighted by Gasteiger charge is -2.21. The standard InChI is InChI=1S/C17H18BrFN2O/c1-12(17(22)20-16-9-5-14(18)6-10-16)21(2)11-13-3-7-15(19)8-4-13/h3-10,12H,11H2,1-2H3,(H,20,22)/p+1/t12-/m1/s1. The van der Waals surface area contributed by atoms with E-state index in [1.165, 1.54) is 12.1 Å². The van der Waals surface area contributed by atoms with Gasteiger partial charge in [-0.1, -0.05) is 28.1 Å². The molecule has 0 aliphatic carbocycles. The smallest absolute Gasteiger partial charge is 0.282 e. The summed E-state index contributed by atoms with van der Waals surface area (Å²) in [5, 5.41) is 2.90. The molecule has 0 saturated carbocycles. The van der Waals surface area contributed by atoms with E-state index in [2.05, 4.69) is 21.2 Å². The molecule has 0 aliphatic heterocycles. The molecule has 22 heavy (non-hydrogen) atoms. The van der Waals surface area contributed by atoms with Crippen molar-refractivity contribution in [2.75, 3.05) is 12.4 Å². The summed E-state index contributed by atoms with van der Waals surface area (Å²) in [6.45, 7) is 2.54. The van der Waals surface area contributed by atoms with Gasteiger partial charge in [0.05, 0.1) is 7.05 Å². The maximum Gasteiger partial charge on any atom is 0.282 e. The molecule has 0 radical (unpaired) electrons. The van der Waals surface area contributed by atoms with E-state index in [1.807, 2.05) is 38.2 Å². The van der Waals surface area contributed by atoms with Gasteiger partial charge in [0.2, 0.25) is 0 Å². The number of anilines is 1. The first kappa shape index (κ1) is 16.6. The molecule has 2 aromatic rings. The molecular formula is C17H19BrFN2O+. The molecule has 2 N–H and O–H groups in total. The number of carbonyl (C=O) groups excluding carboxylic acids is 1. The van der Waals surface area contributed by atoms with Crippen molar-refractivity contribution in [1.82, 2.24) is 0 Å². The summed E-state index contributed by atoms with van der Waals surface area (Å²) in [5.41, 5.74) is 1.77. The topological polar surface area (TPSA) is 33.5 Å². The summed E-state index contributed by atoms with van der Waals surface area (Å²) < 4.78 is 13.9. The van der Waals surface area contributed by atoms with Crippen LogP contribution in [0.3, 0.4) is 0 Å². The highest BCUT2D eigenvalue weighted by molar-refractivity contribution is 9.10. The zero-order chi connectivity index (χ0) is 16.1. The minimum atomic E-state index is -0.248. The lowest BCUT2D eigenvalue weighted by Crippen LogP contribution is -3.12. The fourth-order valence-corrected chi connectivity index (χ4v) is 2.35. The molecule has 2 atom stereocenters. The predicted octanol–water partition coefficient (Wildman–Crippen LogP) is 2.63. The molecule has 0 bridgehead atoms. The number of likely N-dealkylation sites (N-methyl/N-ethyl adjacent to an activating group) is 1. The Balaban J connectivity index is 1.94. The van der Waals surface area contributed by atoms with Crippen LogP contribution in [0.2, 0.25) is 0 Å². The largest absolute Gasteiger partial charge is 0.324 e. The highest BCUT2D eigenvalue weighted by atomic mass is 79.9. The van der Waals surface area contributed by atoms with Gasteiger partial charge < -0.3 is 10.2 Å². The number of hydrogen-bond acceptors (Lipinski definition) is 1. The summed E-state index contributed by atoms with van der Waals surface area (Å²) in [5.74, 6) is -0.288. The van der Waals surface area contributed by atoms with E-state index in [-0.39, 0.29) is 17.8 Å². The maximum absolute atomic E-state index is 12.9. The number of rotatable bonds is 5. The van der Waals surface area contributed by atoms with E-state index >= 15 is 0 Å². The summed E-state index contributed by atoms with van der Waals surface area (Å²) in [4.78, 5) is 13.3. The normalized spacial score (nSPS) is 13.5. The molecule has 1 amide bonds. The number of hydrogen-bond donors (Lipinski definition) is 2. The molecule has 2 aromatic carbocycles. The third kappa shape index (κ3) is 4.64. The van der Waals surface area contributed by atoms with Crippen molar-refractivity contribution in [3.05, 3.63) is 64.4 Å². The van der Waals surface area contributed by atoms with E-state index in [9.17, 15) is 9.18 Å². The fourth-order valence-electron chi connectivity index (χ4n) is 2.08. The average molecular weight is 366 g/mol. The summed E-state index contributed by atoms with van der Waals surface area (Å²) >= 11 is 3.36. The van der Waals surface area contributed by atoms with Gasteiger partial charge >= 0.3 is 0 Å². The van der Waals surface area contributed by atoms with Crippen LogP contribution in [0.25, 0.3) is 0 Å². The first-order valence-corrected chi connectivity index (χ1v) is 7.88. The molecule has 0 saturated heterocycles. The average Bonchev–Trinajstić information content (AvgIpc) is 2.51. The first-order chi connectivity index (χ1) is 10.5. The Kier molecular flexibility index (Phi) is 5.69. The number of halogens is 2. The Morgan fingerprint density at radius 2 is 1.77 bits per heavy atom. The molecule has 3 nitrogen and oxygen atoms in total. The van der Waals surface area contributed by atoms with E-state index in [1.54, 1.807) is 12.1 Å². The van der Waals surface area contributed by atoms with Gasteiger partial charge in [-0.3, -0.25) is 4.79 Å². The van der Waals surface area contributed by atoms with Gasteiger partial charge in [0.25, 0.3) is 5.91 Å². The lowest BCUT2D eigenvalue weighted by molar-refractivity contribution is -0.907. The van der Waals surface area contributed by atoms with Crippen LogP contribution in [0, 0.1) is 5.82 Å². The summed E-state index contributed by atoms with van der Waals surface area (Å²) in [7, 11) is 1.95. The Hall–Kier alpha value is -1.72. The quantitative estimate of drug-likeness (QED) is 0.838. The highest BCUT2D eigenvalue weighted by Gasteiger charge is 2.22. The number of amides is 1. The molecule has 0 spiro atoms. The van der Waals surface area contributed by atoms with Crippen molar-refractivity contribution < 1.29 is 14.1 Å². The van der Waals surface area contributed by atoms with Crippen LogP contribution >= 0.6 is 15.9 Å². The number of carbonyl (C=O) groups is 1. The Labute approximate surface area is 138 Å². The van der Waals surface area contributed by atoms with Crippen LogP contribution < -0.4 is 10.2 Å². The van der Waals surface area contributed by atoms with Gasteiger partial charge in [0.15, 0.2) is 6.04 Å². The third-order valence-electron chi connectivity index (χ3n) is 3.64. The van der Waals surface area contributed by atoms with Gasteiger partial charge in [-0.25, -0.2) is 4.39 Å². The molecule has 1 unspecified atom stereocenters. The molecular weight excluding hydrogens is 347 g/mol. The van der Waals surface area contributed by atoms with E-state index in [4.69, 9.17) is 0 Å². The summed E-state index contributed by atoms with van der Waals surface area (Å²) in [6.07, 6.45) is 0. The third-order valence-corrected chi connectivity index (χ3v) is 4.17. The zero-order valence-electron chi connectivity index (χ0n) is 12.6. The second kappa shape index (κ2) is 7.51. The van der Waals surface area contributed by atoms with Crippen molar-refractivity contribution in [1.29, 1.82) is 0 Å². The monoisotopic (exact) mass is 365 g/mol. The van der Waals surface area contributed by atoms with Crippen LogP contribution in [0.4, 0.5) is 10.1 Å². The molecule has 0 heterocycles. The van der Waals surface area contributed by atoms with Crippen LogP contribution in [-0.2, 0) is 11.3 Å². The highest BCUT2D eigenvalue weighted by Crippen LogP contribution is 2.14. The van der Waals surface area contributed by atoms with Gasteiger partial charge in [0.1, 0.15) is 12.4 Å². The van der Waals surface area contributed by atoms with E-state index in [0.717, 1.165) is 20.6 Å². The van der Waals surface area contributed by atoms with Crippen molar-refractivity contribution in [2.24, 2.45) is 0 Å². The Morgan fingerprint density at radius 3 is 2.36 bits per heavy atom. The number of nitrogens with one attached hydrogen (secondary N) is 2. The Morgan fingerprint density at radius 1 is 1.18 bits per heavy atom.